The largest absolute Gasteiger partial charge is 0.383 e. The van der Waals surface area contributed by atoms with Crippen LogP contribution in [0.15, 0.2) is 0 Å². The lowest BCUT2D eigenvalue weighted by molar-refractivity contribution is -0.129. The summed E-state index contributed by atoms with van der Waals surface area (Å²) in [4.78, 5) is 12.6. The highest BCUT2D eigenvalue weighted by atomic mass is 32.2. The van der Waals surface area contributed by atoms with Gasteiger partial charge in [-0.1, -0.05) is 0 Å². The van der Waals surface area contributed by atoms with E-state index in [2.05, 4.69) is 4.72 Å². The average Bonchev–Trinajstić information content (AvgIpc) is 2.08. The molecule has 0 rings (SSSR count). The molecule has 0 spiro atoms. The fourth-order valence-electron chi connectivity index (χ4n) is 0.994. The molecule has 1 amide bonds. The van der Waals surface area contributed by atoms with Gasteiger partial charge in [0.2, 0.25) is 15.9 Å². The maximum absolute atomic E-state index is 11.1. The molecule has 15 heavy (non-hydrogen) atoms. The first-order valence-electron chi connectivity index (χ1n) is 4.56. The number of rotatable bonds is 7. The number of methoxy groups -OCH3 is 1. The lowest BCUT2D eigenvalue weighted by Gasteiger charge is -2.20. The van der Waals surface area contributed by atoms with E-state index >= 15 is 0 Å². The van der Waals surface area contributed by atoms with Crippen LogP contribution in [0, 0.1) is 0 Å². The van der Waals surface area contributed by atoms with Gasteiger partial charge >= 0.3 is 0 Å². The minimum Gasteiger partial charge on any atom is -0.383 e. The smallest absolute Gasteiger partial charge is 0.219 e. The van der Waals surface area contributed by atoms with Crippen molar-refractivity contribution in [3.05, 3.63) is 0 Å². The Hall–Kier alpha value is -0.660. The van der Waals surface area contributed by atoms with Gasteiger partial charge in [0, 0.05) is 33.7 Å². The summed E-state index contributed by atoms with van der Waals surface area (Å²) >= 11 is 0. The summed E-state index contributed by atoms with van der Waals surface area (Å²) in [6, 6.07) is 0. The fourth-order valence-corrected chi connectivity index (χ4v) is 1.46. The molecule has 0 unspecified atom stereocenters. The van der Waals surface area contributed by atoms with Crippen LogP contribution in [0.4, 0.5) is 0 Å². The van der Waals surface area contributed by atoms with E-state index in [1.165, 1.54) is 11.8 Å². The third kappa shape index (κ3) is 8.34. The molecule has 0 fully saturated rings. The molecule has 90 valence electrons. The maximum atomic E-state index is 11.1. The first-order chi connectivity index (χ1) is 6.87. The van der Waals surface area contributed by atoms with Crippen LogP contribution in [-0.2, 0) is 19.6 Å². The molecule has 0 aromatic carbocycles. The number of hydrogen-bond acceptors (Lipinski definition) is 4. The van der Waals surface area contributed by atoms with E-state index in [-0.39, 0.29) is 12.5 Å². The first-order valence-corrected chi connectivity index (χ1v) is 6.45. The quantitative estimate of drug-likeness (QED) is 0.619. The van der Waals surface area contributed by atoms with Crippen molar-refractivity contribution in [2.75, 3.05) is 39.6 Å². The second-order valence-electron chi connectivity index (χ2n) is 3.17. The summed E-state index contributed by atoms with van der Waals surface area (Å²) in [5.41, 5.74) is 0. The van der Waals surface area contributed by atoms with Crippen molar-refractivity contribution >= 4 is 15.9 Å². The number of carbonyl (C=O) groups is 1. The fraction of sp³-hybridized carbons (Fsp3) is 0.875. The van der Waals surface area contributed by atoms with Gasteiger partial charge in [0.05, 0.1) is 12.9 Å². The number of carbonyl (C=O) groups excluding carboxylic acids is 1. The van der Waals surface area contributed by atoms with Gasteiger partial charge in [0.1, 0.15) is 0 Å². The average molecular weight is 238 g/mol. The summed E-state index contributed by atoms with van der Waals surface area (Å²) < 4.78 is 28.7. The maximum Gasteiger partial charge on any atom is 0.219 e. The number of hydrogen-bond donors (Lipinski definition) is 1. The second-order valence-corrected chi connectivity index (χ2v) is 5.00. The molecule has 0 saturated heterocycles. The molecular formula is C8H18N2O4S. The molecule has 0 aromatic heterocycles. The number of amides is 1. The molecule has 0 aliphatic heterocycles. The van der Waals surface area contributed by atoms with E-state index in [1.54, 1.807) is 7.11 Å². The zero-order chi connectivity index (χ0) is 11.9. The van der Waals surface area contributed by atoms with Gasteiger partial charge in [-0.25, -0.2) is 13.1 Å². The number of sulfonamides is 1. The van der Waals surface area contributed by atoms with Crippen molar-refractivity contribution in [2.45, 2.75) is 6.92 Å². The Bertz CT molecular complexity index is 289. The van der Waals surface area contributed by atoms with Crippen molar-refractivity contribution in [1.82, 2.24) is 9.62 Å². The van der Waals surface area contributed by atoms with Crippen molar-refractivity contribution < 1.29 is 17.9 Å². The molecule has 0 bridgehead atoms. The van der Waals surface area contributed by atoms with E-state index in [0.717, 1.165) is 6.26 Å². The van der Waals surface area contributed by atoms with Gasteiger partial charge in [-0.05, 0) is 0 Å². The molecule has 0 aromatic rings. The molecule has 0 heterocycles. The van der Waals surface area contributed by atoms with Gasteiger partial charge in [-0.2, -0.15) is 0 Å². The Morgan fingerprint density at radius 3 is 2.40 bits per heavy atom. The standard InChI is InChI=1S/C8H18N2O4S/c1-8(11)10(6-7-14-2)5-4-9-15(3,12)13/h9H,4-7H2,1-3H3. The van der Waals surface area contributed by atoms with Crippen LogP contribution in [0.1, 0.15) is 6.92 Å². The highest BCUT2D eigenvalue weighted by Crippen LogP contribution is 1.89. The third-order valence-corrected chi connectivity index (χ3v) is 2.49. The molecule has 0 aliphatic rings. The van der Waals surface area contributed by atoms with Crippen LogP contribution < -0.4 is 4.72 Å². The van der Waals surface area contributed by atoms with Crippen LogP contribution >= 0.6 is 0 Å². The van der Waals surface area contributed by atoms with Crippen LogP contribution in [0.2, 0.25) is 0 Å². The van der Waals surface area contributed by atoms with Crippen LogP contribution in [0.3, 0.4) is 0 Å². The normalized spacial score (nSPS) is 11.4. The van der Waals surface area contributed by atoms with Crippen molar-refractivity contribution in [1.29, 1.82) is 0 Å². The van der Waals surface area contributed by atoms with E-state index in [4.69, 9.17) is 4.74 Å². The molecule has 0 atom stereocenters. The monoisotopic (exact) mass is 238 g/mol. The summed E-state index contributed by atoms with van der Waals surface area (Å²) in [6.07, 6.45) is 1.08. The minimum atomic E-state index is -3.19. The highest BCUT2D eigenvalue weighted by molar-refractivity contribution is 7.88. The Labute approximate surface area is 90.6 Å². The Kier molecular flexibility index (Phi) is 6.46. The molecule has 6 nitrogen and oxygen atoms in total. The molecule has 0 radical (unpaired) electrons. The summed E-state index contributed by atoms with van der Waals surface area (Å²) in [6.45, 7) is 2.93. The zero-order valence-electron chi connectivity index (χ0n) is 9.32. The predicted octanol–water partition coefficient (Wildman–Crippen LogP) is -0.969. The summed E-state index contributed by atoms with van der Waals surface area (Å²) in [5.74, 6) is -0.0950. The predicted molar refractivity (Wildman–Crippen MR) is 57.0 cm³/mol. The lowest BCUT2D eigenvalue weighted by atomic mass is 10.4. The topological polar surface area (TPSA) is 75.7 Å². The molecule has 7 heteroatoms. The van der Waals surface area contributed by atoms with Gasteiger partial charge in [-0.15, -0.1) is 0 Å². The van der Waals surface area contributed by atoms with Crippen molar-refractivity contribution in [3.63, 3.8) is 0 Å². The molecular weight excluding hydrogens is 220 g/mol. The van der Waals surface area contributed by atoms with Crippen molar-refractivity contribution in [3.8, 4) is 0 Å². The van der Waals surface area contributed by atoms with Crippen LogP contribution in [-0.4, -0.2) is 58.8 Å². The van der Waals surface area contributed by atoms with E-state index in [0.29, 0.717) is 19.7 Å². The zero-order valence-corrected chi connectivity index (χ0v) is 10.1. The summed E-state index contributed by atoms with van der Waals surface area (Å²) in [5, 5.41) is 0. The van der Waals surface area contributed by atoms with Gasteiger partial charge in [0.25, 0.3) is 0 Å². The highest BCUT2D eigenvalue weighted by Gasteiger charge is 2.08. The minimum absolute atomic E-state index is 0.0950. The van der Waals surface area contributed by atoms with Crippen LogP contribution in [0.25, 0.3) is 0 Å². The van der Waals surface area contributed by atoms with E-state index < -0.39 is 10.0 Å². The first kappa shape index (κ1) is 14.3. The van der Waals surface area contributed by atoms with Crippen molar-refractivity contribution in [2.24, 2.45) is 0 Å². The van der Waals surface area contributed by atoms with Gasteiger partial charge in [-0.3, -0.25) is 4.79 Å². The summed E-state index contributed by atoms with van der Waals surface area (Å²) in [7, 11) is -1.64. The Morgan fingerprint density at radius 2 is 2.00 bits per heavy atom. The van der Waals surface area contributed by atoms with Gasteiger partial charge < -0.3 is 9.64 Å². The molecule has 1 N–H and O–H groups in total. The third-order valence-electron chi connectivity index (χ3n) is 1.76. The van der Waals surface area contributed by atoms with Crippen LogP contribution in [0.5, 0.6) is 0 Å². The second kappa shape index (κ2) is 6.76. The Morgan fingerprint density at radius 1 is 1.40 bits per heavy atom. The SMILES string of the molecule is COCCN(CCNS(C)(=O)=O)C(C)=O. The number of ether oxygens (including phenoxy) is 1. The van der Waals surface area contributed by atoms with E-state index in [1.807, 2.05) is 0 Å². The molecule has 0 saturated carbocycles. The lowest BCUT2D eigenvalue weighted by Crippen LogP contribution is -2.38. The molecule has 0 aliphatic carbocycles. The Balaban J connectivity index is 3.91. The van der Waals surface area contributed by atoms with Gasteiger partial charge in [0.15, 0.2) is 0 Å². The number of nitrogens with one attached hydrogen (secondary N) is 1. The van der Waals surface area contributed by atoms with E-state index in [9.17, 15) is 13.2 Å². The number of nitrogens with zero attached hydrogens (tertiary/aromatic N) is 1.